The van der Waals surface area contributed by atoms with E-state index in [1.54, 1.807) is 50.7 Å². The molecule has 2 aromatic carbocycles. The number of rotatable bonds is 5. The van der Waals surface area contributed by atoms with Crippen molar-refractivity contribution in [2.75, 3.05) is 14.2 Å². The van der Waals surface area contributed by atoms with E-state index in [1.165, 1.54) is 27.8 Å². The van der Waals surface area contributed by atoms with Crippen LogP contribution >= 0.6 is 0 Å². The minimum atomic E-state index is -3.80. The Bertz CT molecular complexity index is 1720. The molecule has 0 bridgehead atoms. The predicted molar refractivity (Wildman–Crippen MR) is 140 cm³/mol. The molecule has 0 aliphatic heterocycles. The number of hydrogen-bond donors (Lipinski definition) is 0. The lowest BCUT2D eigenvalue weighted by Crippen LogP contribution is -2.07. The number of aromatic nitrogens is 2. The number of pyridine rings is 1. The van der Waals surface area contributed by atoms with Crippen molar-refractivity contribution < 1.29 is 17.9 Å². The lowest BCUT2D eigenvalue weighted by atomic mass is 10.1. The summed E-state index contributed by atoms with van der Waals surface area (Å²) in [6.07, 6.45) is 7.28. The van der Waals surface area contributed by atoms with E-state index >= 15 is 0 Å². The first-order valence-corrected chi connectivity index (χ1v) is 12.6. The van der Waals surface area contributed by atoms with Crippen LogP contribution in [0.3, 0.4) is 0 Å². The summed E-state index contributed by atoms with van der Waals surface area (Å²) in [5.74, 6) is 1.20. The maximum absolute atomic E-state index is 13.1. The highest BCUT2D eigenvalue weighted by atomic mass is 32.2. The summed E-state index contributed by atoms with van der Waals surface area (Å²) in [4.78, 5) is 4.61. The molecule has 2 aromatic heterocycles. The van der Waals surface area contributed by atoms with Gasteiger partial charge in [-0.25, -0.2) is 18.0 Å². The highest BCUT2D eigenvalue weighted by Crippen LogP contribution is 2.34. The molecule has 0 saturated heterocycles. The number of ether oxygens (including phenoxy) is 2. The third-order valence-corrected chi connectivity index (χ3v) is 7.64. The van der Waals surface area contributed by atoms with Crippen LogP contribution in [-0.2, 0) is 9.84 Å². The minimum Gasteiger partial charge on any atom is -0.493 e. The summed E-state index contributed by atoms with van der Waals surface area (Å²) in [5.41, 5.74) is 4.89. The number of methoxy groups -OCH3 is 2. The third-order valence-electron chi connectivity index (χ3n) is 5.89. The Kier molecular flexibility index (Phi) is 5.96. The molecule has 0 radical (unpaired) electrons. The van der Waals surface area contributed by atoms with Crippen molar-refractivity contribution in [3.05, 3.63) is 91.1 Å². The Balaban J connectivity index is 0.000000382. The SMILES string of the molecule is C#Cn1c(S(=O)(=O)c2ccccc2)cc2cc(-c3ccc(OC)c(OC)c3)cnc21.c1cc2cc-2c1. The van der Waals surface area contributed by atoms with Crippen LogP contribution in [0, 0.1) is 12.5 Å². The van der Waals surface area contributed by atoms with Crippen LogP contribution in [0.2, 0.25) is 0 Å². The second kappa shape index (κ2) is 9.25. The van der Waals surface area contributed by atoms with E-state index < -0.39 is 9.84 Å². The minimum absolute atomic E-state index is 0.00293. The van der Waals surface area contributed by atoms with Gasteiger partial charge in [0.1, 0.15) is 0 Å². The van der Waals surface area contributed by atoms with Crippen LogP contribution < -0.4 is 9.47 Å². The number of hydrogen-bond acceptors (Lipinski definition) is 5. The van der Waals surface area contributed by atoms with Gasteiger partial charge in [0.25, 0.3) is 0 Å². The van der Waals surface area contributed by atoms with Gasteiger partial charge in [-0.15, -0.1) is 0 Å². The van der Waals surface area contributed by atoms with Crippen LogP contribution in [0.15, 0.2) is 101 Å². The second-order valence-electron chi connectivity index (χ2n) is 8.05. The highest BCUT2D eigenvalue weighted by Gasteiger charge is 2.24. The molecule has 0 N–H and O–H groups in total. The Morgan fingerprint density at radius 2 is 1.47 bits per heavy atom. The van der Waals surface area contributed by atoms with Gasteiger partial charge in [-0.2, -0.15) is 0 Å². The first kappa shape index (κ1) is 23.2. The summed E-state index contributed by atoms with van der Waals surface area (Å²) < 4.78 is 38.1. The number of benzene rings is 3. The molecule has 6 nitrogen and oxygen atoms in total. The van der Waals surface area contributed by atoms with Gasteiger partial charge >= 0.3 is 0 Å². The zero-order chi connectivity index (χ0) is 25.3. The maximum atomic E-state index is 13.1. The van der Waals surface area contributed by atoms with Crippen LogP contribution in [0.5, 0.6) is 11.5 Å². The molecule has 0 saturated carbocycles. The molecule has 36 heavy (non-hydrogen) atoms. The Morgan fingerprint density at radius 1 is 0.778 bits per heavy atom. The van der Waals surface area contributed by atoms with Gasteiger partial charge in [-0.3, -0.25) is 0 Å². The van der Waals surface area contributed by atoms with Crippen LogP contribution in [-0.4, -0.2) is 32.2 Å². The summed E-state index contributed by atoms with van der Waals surface area (Å²) in [6.45, 7) is 0. The quantitative estimate of drug-likeness (QED) is 0.289. The van der Waals surface area contributed by atoms with Crippen molar-refractivity contribution in [1.29, 1.82) is 0 Å². The zero-order valence-electron chi connectivity index (χ0n) is 19.7. The molecule has 2 aliphatic carbocycles. The van der Waals surface area contributed by atoms with Gasteiger partial charge in [-0.1, -0.05) is 48.9 Å². The van der Waals surface area contributed by atoms with Crippen LogP contribution in [0.25, 0.3) is 33.3 Å². The monoisotopic (exact) mass is 494 g/mol. The Hall–Kier alpha value is -4.54. The molecule has 6 rings (SSSR count). The van der Waals surface area contributed by atoms with E-state index in [0.29, 0.717) is 22.5 Å². The molecule has 0 amide bonds. The fourth-order valence-electron chi connectivity index (χ4n) is 3.96. The first-order valence-electron chi connectivity index (χ1n) is 11.1. The number of terminal acetylenes is 1. The molecular formula is C29H22N2O4S. The topological polar surface area (TPSA) is 70.4 Å². The molecule has 0 atom stereocenters. The molecular weight excluding hydrogens is 472 g/mol. The van der Waals surface area contributed by atoms with E-state index in [2.05, 4.69) is 35.3 Å². The van der Waals surface area contributed by atoms with E-state index in [-0.39, 0.29) is 9.92 Å². The average molecular weight is 495 g/mol. The molecule has 4 aromatic rings. The lowest BCUT2D eigenvalue weighted by molar-refractivity contribution is 0.355. The third kappa shape index (κ3) is 4.19. The van der Waals surface area contributed by atoms with Crippen molar-refractivity contribution in [1.82, 2.24) is 9.55 Å². The zero-order valence-corrected chi connectivity index (χ0v) is 20.5. The van der Waals surface area contributed by atoms with Gasteiger partial charge < -0.3 is 9.47 Å². The Morgan fingerprint density at radius 3 is 2.06 bits per heavy atom. The smallest absolute Gasteiger partial charge is 0.223 e. The summed E-state index contributed by atoms with van der Waals surface area (Å²) in [6, 6.07) is 28.0. The van der Waals surface area contributed by atoms with Gasteiger partial charge in [0.15, 0.2) is 22.2 Å². The van der Waals surface area contributed by atoms with Crippen molar-refractivity contribution in [3.8, 4) is 46.2 Å². The number of nitrogens with zero attached hydrogens (tertiary/aromatic N) is 2. The second-order valence-corrected chi connectivity index (χ2v) is 9.95. The summed E-state index contributed by atoms with van der Waals surface area (Å²) in [5, 5.41) is 0.623. The van der Waals surface area contributed by atoms with Gasteiger partial charge in [0.2, 0.25) is 9.84 Å². The van der Waals surface area contributed by atoms with E-state index in [9.17, 15) is 8.42 Å². The highest BCUT2D eigenvalue weighted by molar-refractivity contribution is 7.91. The van der Waals surface area contributed by atoms with Gasteiger partial charge in [0.05, 0.1) is 19.1 Å². The standard InChI is InChI=1S/C23H18N2O4S.C6H4/c1-4-25-22(30(26,27)19-8-6-5-7-9-19)14-17-12-18(15-24-23(17)25)16-10-11-20(28-2)21(13-16)29-3;1-2-5-4-6(5)3-1/h1,5-15H,2-3H3;1-4H. The normalized spacial score (nSPS) is 11.2. The Labute approximate surface area is 209 Å². The lowest BCUT2D eigenvalue weighted by Gasteiger charge is -2.09. The van der Waals surface area contributed by atoms with Crippen molar-refractivity contribution in [3.63, 3.8) is 0 Å². The summed E-state index contributed by atoms with van der Waals surface area (Å²) >= 11 is 0. The summed E-state index contributed by atoms with van der Waals surface area (Å²) in [7, 11) is -0.659. The molecule has 2 aliphatic rings. The molecule has 0 fully saturated rings. The molecule has 2 heterocycles. The van der Waals surface area contributed by atoms with Crippen molar-refractivity contribution in [2.45, 2.75) is 9.92 Å². The van der Waals surface area contributed by atoms with Gasteiger partial charge in [0, 0.05) is 23.2 Å². The van der Waals surface area contributed by atoms with Crippen LogP contribution in [0.4, 0.5) is 0 Å². The van der Waals surface area contributed by atoms with Gasteiger partial charge in [-0.05, 0) is 59.2 Å². The molecule has 0 unspecified atom stereocenters. The number of sulfone groups is 1. The first-order chi connectivity index (χ1) is 17.5. The van der Waals surface area contributed by atoms with E-state index in [1.807, 2.05) is 18.2 Å². The van der Waals surface area contributed by atoms with Crippen molar-refractivity contribution in [2.24, 2.45) is 0 Å². The van der Waals surface area contributed by atoms with Crippen molar-refractivity contribution >= 4 is 20.9 Å². The maximum Gasteiger partial charge on any atom is 0.223 e. The van der Waals surface area contributed by atoms with Crippen LogP contribution in [0.1, 0.15) is 0 Å². The largest absolute Gasteiger partial charge is 0.493 e. The number of fused-ring (bicyclic) bond motifs is 2. The fraction of sp³-hybridized carbons (Fsp3) is 0.0690. The molecule has 7 heteroatoms. The fourth-order valence-corrected chi connectivity index (χ4v) is 5.38. The predicted octanol–water partition coefficient (Wildman–Crippen LogP) is 5.66. The van der Waals surface area contributed by atoms with E-state index in [4.69, 9.17) is 15.9 Å². The average Bonchev–Trinajstić information content (AvgIpc) is 3.33. The molecule has 0 spiro atoms. The molecule has 178 valence electrons. The van der Waals surface area contributed by atoms with E-state index in [0.717, 1.165) is 11.1 Å².